The molecular formula is C33H33N7O. The largest absolute Gasteiger partial charge is 0.492 e. The van der Waals surface area contributed by atoms with Crippen LogP contribution >= 0.6 is 0 Å². The van der Waals surface area contributed by atoms with Gasteiger partial charge < -0.3 is 9.64 Å². The number of ether oxygens (including phenoxy) is 1. The number of rotatable bonds is 10. The van der Waals surface area contributed by atoms with E-state index >= 15 is 0 Å². The summed E-state index contributed by atoms with van der Waals surface area (Å²) in [4.78, 5) is 17.6. The Bertz CT molecular complexity index is 1520. The van der Waals surface area contributed by atoms with Crippen molar-refractivity contribution in [1.82, 2.24) is 29.6 Å². The van der Waals surface area contributed by atoms with Gasteiger partial charge in [-0.15, -0.1) is 0 Å². The molecule has 8 heteroatoms. The number of aromatic nitrogens is 5. The van der Waals surface area contributed by atoms with E-state index < -0.39 is 0 Å². The van der Waals surface area contributed by atoms with E-state index in [9.17, 15) is 0 Å². The third-order valence-electron chi connectivity index (χ3n) is 7.30. The minimum Gasteiger partial charge on any atom is -0.492 e. The summed E-state index contributed by atoms with van der Waals surface area (Å²) in [5.74, 6) is 1.68. The van der Waals surface area contributed by atoms with E-state index in [0.717, 1.165) is 61.1 Å². The molecule has 0 amide bonds. The van der Waals surface area contributed by atoms with Crippen LogP contribution < -0.4 is 9.64 Å². The van der Waals surface area contributed by atoms with E-state index in [1.807, 2.05) is 22.9 Å². The lowest BCUT2D eigenvalue weighted by molar-refractivity contribution is 0.200. The normalized spacial score (nSPS) is 14.5. The lowest BCUT2D eigenvalue weighted by atomic mass is 9.89. The summed E-state index contributed by atoms with van der Waals surface area (Å²) in [6.07, 6.45) is 6.93. The zero-order chi connectivity index (χ0) is 27.7. The van der Waals surface area contributed by atoms with Crippen LogP contribution in [0, 0.1) is 0 Å². The molecule has 1 aliphatic heterocycles. The van der Waals surface area contributed by atoms with E-state index in [-0.39, 0.29) is 0 Å². The zero-order valence-corrected chi connectivity index (χ0v) is 23.0. The molecule has 5 aromatic rings. The van der Waals surface area contributed by atoms with Crippen LogP contribution in [0.2, 0.25) is 0 Å². The molecule has 0 aliphatic carbocycles. The van der Waals surface area contributed by atoms with E-state index in [4.69, 9.17) is 4.74 Å². The van der Waals surface area contributed by atoms with Crippen molar-refractivity contribution in [2.24, 2.45) is 0 Å². The third kappa shape index (κ3) is 6.67. The maximum Gasteiger partial charge on any atom is 0.225 e. The van der Waals surface area contributed by atoms with Crippen molar-refractivity contribution < 1.29 is 4.74 Å². The number of nitrogens with zero attached hydrogens (tertiary/aromatic N) is 7. The Morgan fingerprint density at radius 3 is 2.02 bits per heavy atom. The van der Waals surface area contributed by atoms with Crippen LogP contribution in [0.25, 0.3) is 11.1 Å². The van der Waals surface area contributed by atoms with Gasteiger partial charge in [0.15, 0.2) is 0 Å². The van der Waals surface area contributed by atoms with Crippen molar-refractivity contribution in [2.75, 3.05) is 44.2 Å². The van der Waals surface area contributed by atoms with Crippen molar-refractivity contribution in [1.29, 1.82) is 0 Å². The van der Waals surface area contributed by atoms with Crippen molar-refractivity contribution in [2.45, 2.75) is 6.54 Å². The molecule has 206 valence electrons. The molecular weight excluding hydrogens is 510 g/mol. The van der Waals surface area contributed by atoms with Gasteiger partial charge in [0, 0.05) is 45.1 Å². The van der Waals surface area contributed by atoms with E-state index in [1.54, 1.807) is 25.0 Å². The van der Waals surface area contributed by atoms with Crippen LogP contribution in [-0.4, -0.2) is 69.0 Å². The molecule has 1 aliphatic rings. The molecule has 3 heterocycles. The summed E-state index contributed by atoms with van der Waals surface area (Å²) in [6.45, 7) is 5.92. The van der Waals surface area contributed by atoms with Gasteiger partial charge in [-0.05, 0) is 46.0 Å². The number of hydrogen-bond acceptors (Lipinski definition) is 7. The van der Waals surface area contributed by atoms with Crippen LogP contribution in [0.3, 0.4) is 0 Å². The van der Waals surface area contributed by atoms with Crippen LogP contribution in [0.15, 0.2) is 116 Å². The van der Waals surface area contributed by atoms with Crippen LogP contribution in [0.5, 0.6) is 5.75 Å². The quantitative estimate of drug-likeness (QED) is 0.231. The molecule has 0 saturated carbocycles. The first-order valence-electron chi connectivity index (χ1n) is 14.0. The molecule has 41 heavy (non-hydrogen) atoms. The van der Waals surface area contributed by atoms with Crippen LogP contribution in [0.4, 0.5) is 5.95 Å². The summed E-state index contributed by atoms with van der Waals surface area (Å²) in [7, 11) is 0. The second-order valence-electron chi connectivity index (χ2n) is 9.93. The van der Waals surface area contributed by atoms with Gasteiger partial charge in [0.2, 0.25) is 5.95 Å². The predicted molar refractivity (Wildman–Crippen MR) is 161 cm³/mol. The molecule has 6 rings (SSSR count). The molecule has 8 nitrogen and oxygen atoms in total. The SMILES string of the molecule is c1ccc(/C(Cn2cncn2)=C(/c2ccccc2)c2ccc(OCCN3CCN(c4ncccn4)CC3)cc2)cc1. The number of benzene rings is 3. The molecule has 3 aromatic carbocycles. The fraction of sp³-hybridized carbons (Fsp3) is 0.212. The van der Waals surface area contributed by atoms with Gasteiger partial charge >= 0.3 is 0 Å². The lowest BCUT2D eigenvalue weighted by Gasteiger charge is -2.34. The number of hydrogen-bond donors (Lipinski definition) is 0. The van der Waals surface area contributed by atoms with E-state index in [2.05, 4.69) is 103 Å². The maximum atomic E-state index is 6.17. The molecule has 0 bridgehead atoms. The van der Waals surface area contributed by atoms with E-state index in [0.29, 0.717) is 13.2 Å². The average Bonchev–Trinajstić information content (AvgIpc) is 3.57. The van der Waals surface area contributed by atoms with Gasteiger partial charge in [-0.3, -0.25) is 4.90 Å². The number of anilines is 1. The fourth-order valence-electron chi connectivity index (χ4n) is 5.19. The molecule has 0 spiro atoms. The van der Waals surface area contributed by atoms with Crippen molar-refractivity contribution >= 4 is 17.1 Å². The smallest absolute Gasteiger partial charge is 0.225 e. The number of piperazine rings is 1. The van der Waals surface area contributed by atoms with Crippen molar-refractivity contribution in [3.8, 4) is 5.75 Å². The predicted octanol–water partition coefficient (Wildman–Crippen LogP) is 4.93. The van der Waals surface area contributed by atoms with Gasteiger partial charge in [-0.25, -0.2) is 19.6 Å². The van der Waals surface area contributed by atoms with Gasteiger partial charge in [0.25, 0.3) is 0 Å². The lowest BCUT2D eigenvalue weighted by Crippen LogP contribution is -2.48. The highest BCUT2D eigenvalue weighted by molar-refractivity contribution is 5.98. The standard InChI is InChI=1S/C33H33N7O/c1-3-8-27(9-4-1)31(24-40-26-34-25-37-40)32(28-10-5-2-6-11-28)29-12-14-30(15-13-29)41-23-22-38-18-20-39(21-19-38)33-35-16-7-17-36-33/h1-17,25-26H,18-24H2/b32-31-. The van der Waals surface area contributed by atoms with Crippen LogP contribution in [-0.2, 0) is 6.54 Å². The summed E-state index contributed by atoms with van der Waals surface area (Å²) < 4.78 is 8.04. The summed E-state index contributed by atoms with van der Waals surface area (Å²) in [5.41, 5.74) is 5.78. The average molecular weight is 544 g/mol. The first-order valence-corrected chi connectivity index (χ1v) is 14.0. The molecule has 1 saturated heterocycles. The van der Waals surface area contributed by atoms with Gasteiger partial charge in [0.05, 0.1) is 6.54 Å². The fourth-order valence-corrected chi connectivity index (χ4v) is 5.19. The minimum atomic E-state index is 0.607. The Morgan fingerprint density at radius 2 is 1.37 bits per heavy atom. The molecule has 1 fully saturated rings. The molecule has 0 radical (unpaired) electrons. The highest BCUT2D eigenvalue weighted by atomic mass is 16.5. The second kappa shape index (κ2) is 13.0. The second-order valence-corrected chi connectivity index (χ2v) is 9.93. The summed E-state index contributed by atoms with van der Waals surface area (Å²) in [6, 6.07) is 31.3. The monoisotopic (exact) mass is 543 g/mol. The first kappa shape index (κ1) is 26.4. The Hall–Kier alpha value is -4.82. The van der Waals surface area contributed by atoms with Crippen LogP contribution in [0.1, 0.15) is 16.7 Å². The topological polar surface area (TPSA) is 72.2 Å². The Labute approximate surface area is 240 Å². The maximum absolute atomic E-state index is 6.17. The van der Waals surface area contributed by atoms with E-state index in [1.165, 1.54) is 11.1 Å². The number of allylic oxidation sites excluding steroid dienone is 1. The van der Waals surface area contributed by atoms with Gasteiger partial charge in [-0.2, -0.15) is 5.10 Å². The molecule has 0 atom stereocenters. The zero-order valence-electron chi connectivity index (χ0n) is 23.0. The summed E-state index contributed by atoms with van der Waals surface area (Å²) in [5, 5.41) is 4.40. The van der Waals surface area contributed by atoms with Crippen molar-refractivity contribution in [3.63, 3.8) is 0 Å². The van der Waals surface area contributed by atoms with Crippen molar-refractivity contribution in [3.05, 3.63) is 133 Å². The minimum absolute atomic E-state index is 0.607. The van der Waals surface area contributed by atoms with Gasteiger partial charge in [-0.1, -0.05) is 72.8 Å². The summed E-state index contributed by atoms with van der Waals surface area (Å²) >= 11 is 0. The molecule has 0 N–H and O–H groups in total. The highest BCUT2D eigenvalue weighted by Crippen LogP contribution is 2.34. The highest BCUT2D eigenvalue weighted by Gasteiger charge is 2.19. The Kier molecular flexibility index (Phi) is 8.39. The Balaban J connectivity index is 1.17. The van der Waals surface area contributed by atoms with Gasteiger partial charge in [0.1, 0.15) is 25.0 Å². The Morgan fingerprint density at radius 1 is 0.707 bits per heavy atom. The first-order chi connectivity index (χ1) is 20.3. The third-order valence-corrected chi connectivity index (χ3v) is 7.30. The molecule has 2 aromatic heterocycles. The molecule has 0 unspecified atom stereocenters.